The van der Waals surface area contributed by atoms with Gasteiger partial charge in [0.15, 0.2) is 0 Å². The number of halogens is 2. The van der Waals surface area contributed by atoms with Gasteiger partial charge in [-0.25, -0.2) is 4.39 Å². The largest absolute Gasteiger partial charge is 0.488 e. The van der Waals surface area contributed by atoms with E-state index in [1.165, 1.54) is 18.2 Å². The maximum Gasteiger partial charge on any atom is 0.125 e. The molecule has 0 amide bonds. The minimum Gasteiger partial charge on any atom is -0.488 e. The fourth-order valence-corrected chi connectivity index (χ4v) is 2.19. The Morgan fingerprint density at radius 2 is 1.79 bits per heavy atom. The summed E-state index contributed by atoms with van der Waals surface area (Å²) in [4.78, 5) is 0. The number of anilines is 1. The summed E-state index contributed by atoms with van der Waals surface area (Å²) >= 11 is 6.00. The first kappa shape index (κ1) is 13.7. The molecule has 0 aliphatic heterocycles. The first-order valence-electron chi connectivity index (χ1n) is 5.91. The second-order valence-electron chi connectivity index (χ2n) is 4.51. The molecule has 0 heterocycles. The molecule has 2 N–H and O–H groups in total. The summed E-state index contributed by atoms with van der Waals surface area (Å²) in [6.07, 6.45) is 0. The quantitative estimate of drug-likeness (QED) is 0.852. The smallest absolute Gasteiger partial charge is 0.125 e. The molecule has 0 aliphatic rings. The summed E-state index contributed by atoms with van der Waals surface area (Å²) in [5.74, 6) is 0.434. The van der Waals surface area contributed by atoms with Gasteiger partial charge in [-0.05, 0) is 55.3 Å². The highest BCUT2D eigenvalue weighted by Gasteiger charge is 2.08. The first-order valence-corrected chi connectivity index (χ1v) is 6.28. The molecular weight excluding hydrogens is 265 g/mol. The first-order chi connectivity index (χ1) is 8.97. The van der Waals surface area contributed by atoms with E-state index in [9.17, 15) is 4.39 Å². The second kappa shape index (κ2) is 5.49. The fraction of sp³-hybridized carbons (Fsp3) is 0.200. The average Bonchev–Trinajstić information content (AvgIpc) is 2.32. The van der Waals surface area contributed by atoms with Crippen molar-refractivity contribution in [2.24, 2.45) is 0 Å². The van der Waals surface area contributed by atoms with Crippen LogP contribution >= 0.6 is 11.6 Å². The third-order valence-corrected chi connectivity index (χ3v) is 3.23. The number of nitrogens with two attached hydrogens (primary N) is 1. The van der Waals surface area contributed by atoms with Gasteiger partial charge in [-0.15, -0.1) is 0 Å². The van der Waals surface area contributed by atoms with Crippen molar-refractivity contribution < 1.29 is 9.13 Å². The Balaban J connectivity index is 2.21. The zero-order valence-corrected chi connectivity index (χ0v) is 11.6. The molecule has 0 aliphatic carbocycles. The van der Waals surface area contributed by atoms with E-state index in [0.29, 0.717) is 16.3 Å². The highest BCUT2D eigenvalue weighted by Crippen LogP contribution is 2.27. The van der Waals surface area contributed by atoms with Gasteiger partial charge in [0.05, 0.1) is 0 Å². The summed E-state index contributed by atoms with van der Waals surface area (Å²) in [6.45, 7) is 4.07. The van der Waals surface area contributed by atoms with Crippen LogP contribution in [0.2, 0.25) is 5.02 Å². The lowest BCUT2D eigenvalue weighted by atomic mass is 10.1. The lowest BCUT2D eigenvalue weighted by molar-refractivity contribution is 0.301. The van der Waals surface area contributed by atoms with E-state index in [4.69, 9.17) is 22.1 Å². The minimum atomic E-state index is -0.325. The third-order valence-electron chi connectivity index (χ3n) is 2.86. The Labute approximate surface area is 117 Å². The molecule has 0 saturated carbocycles. The summed E-state index contributed by atoms with van der Waals surface area (Å²) in [7, 11) is 0. The van der Waals surface area contributed by atoms with Gasteiger partial charge in [0, 0.05) is 16.3 Å². The molecule has 0 saturated heterocycles. The van der Waals surface area contributed by atoms with Crippen LogP contribution in [-0.4, -0.2) is 0 Å². The van der Waals surface area contributed by atoms with Crippen LogP contribution in [0.5, 0.6) is 5.75 Å². The lowest BCUT2D eigenvalue weighted by Crippen LogP contribution is -2.01. The molecule has 0 aromatic heterocycles. The third kappa shape index (κ3) is 3.18. The minimum absolute atomic E-state index is 0.224. The van der Waals surface area contributed by atoms with E-state index in [1.54, 1.807) is 0 Å². The van der Waals surface area contributed by atoms with Crippen molar-refractivity contribution in [1.82, 2.24) is 0 Å². The molecule has 0 bridgehead atoms. The number of rotatable bonds is 3. The van der Waals surface area contributed by atoms with Crippen molar-refractivity contribution in [2.45, 2.75) is 20.5 Å². The standard InChI is InChI=1S/C15H15ClFNO/c1-9-5-13(18)6-10(2)15(9)19-8-11-7-12(17)3-4-14(11)16/h3-7H,8,18H2,1-2H3. The van der Waals surface area contributed by atoms with E-state index in [0.717, 1.165) is 16.9 Å². The molecule has 0 radical (unpaired) electrons. The number of nitrogen functional groups attached to an aromatic ring is 1. The molecule has 2 rings (SSSR count). The van der Waals surface area contributed by atoms with Crippen LogP contribution in [0, 0.1) is 19.7 Å². The zero-order valence-electron chi connectivity index (χ0n) is 10.8. The Kier molecular flexibility index (Phi) is 3.96. The second-order valence-corrected chi connectivity index (χ2v) is 4.92. The van der Waals surface area contributed by atoms with E-state index < -0.39 is 0 Å². The molecule has 0 unspecified atom stereocenters. The van der Waals surface area contributed by atoms with Crippen molar-refractivity contribution in [3.05, 3.63) is 57.9 Å². The normalized spacial score (nSPS) is 10.5. The molecule has 0 spiro atoms. The molecule has 2 aromatic carbocycles. The van der Waals surface area contributed by atoms with Crippen LogP contribution in [0.3, 0.4) is 0 Å². The van der Waals surface area contributed by atoms with Crippen molar-refractivity contribution in [3.8, 4) is 5.75 Å². The molecule has 0 fully saturated rings. The topological polar surface area (TPSA) is 35.2 Å². The maximum absolute atomic E-state index is 13.2. The molecular formula is C15H15ClFNO. The van der Waals surface area contributed by atoms with Gasteiger partial charge in [0.25, 0.3) is 0 Å². The molecule has 100 valence electrons. The summed E-state index contributed by atoms with van der Waals surface area (Å²) in [6, 6.07) is 7.92. The van der Waals surface area contributed by atoms with Gasteiger partial charge < -0.3 is 10.5 Å². The van der Waals surface area contributed by atoms with E-state index in [1.807, 2.05) is 26.0 Å². The SMILES string of the molecule is Cc1cc(N)cc(C)c1OCc1cc(F)ccc1Cl. The van der Waals surface area contributed by atoms with Crippen molar-refractivity contribution in [3.63, 3.8) is 0 Å². The Bertz CT molecular complexity index is 590. The zero-order chi connectivity index (χ0) is 14.0. The van der Waals surface area contributed by atoms with Crippen LogP contribution < -0.4 is 10.5 Å². The van der Waals surface area contributed by atoms with E-state index in [-0.39, 0.29) is 12.4 Å². The highest BCUT2D eigenvalue weighted by atomic mass is 35.5. The number of hydrogen-bond donors (Lipinski definition) is 1. The Morgan fingerprint density at radius 1 is 1.16 bits per heavy atom. The number of aryl methyl sites for hydroxylation is 2. The summed E-state index contributed by atoms with van der Waals surface area (Å²) in [5, 5.41) is 0.493. The number of benzene rings is 2. The van der Waals surface area contributed by atoms with Crippen LogP contribution in [0.1, 0.15) is 16.7 Å². The number of hydrogen-bond acceptors (Lipinski definition) is 2. The lowest BCUT2D eigenvalue weighted by Gasteiger charge is -2.13. The van der Waals surface area contributed by atoms with E-state index in [2.05, 4.69) is 0 Å². The monoisotopic (exact) mass is 279 g/mol. The van der Waals surface area contributed by atoms with Crippen LogP contribution in [0.4, 0.5) is 10.1 Å². The predicted molar refractivity (Wildman–Crippen MR) is 76.1 cm³/mol. The molecule has 2 aromatic rings. The van der Waals surface area contributed by atoms with Gasteiger partial charge in [0.2, 0.25) is 0 Å². The van der Waals surface area contributed by atoms with Crippen LogP contribution in [-0.2, 0) is 6.61 Å². The molecule has 0 atom stereocenters. The average molecular weight is 280 g/mol. The van der Waals surface area contributed by atoms with Gasteiger partial charge in [0.1, 0.15) is 18.2 Å². The van der Waals surface area contributed by atoms with Crippen molar-refractivity contribution in [2.75, 3.05) is 5.73 Å². The van der Waals surface area contributed by atoms with E-state index >= 15 is 0 Å². The Morgan fingerprint density at radius 3 is 2.42 bits per heavy atom. The van der Waals surface area contributed by atoms with Gasteiger partial charge in [-0.1, -0.05) is 11.6 Å². The van der Waals surface area contributed by atoms with Gasteiger partial charge in [-0.3, -0.25) is 0 Å². The Hall–Kier alpha value is -1.74. The van der Waals surface area contributed by atoms with Crippen molar-refractivity contribution >= 4 is 17.3 Å². The summed E-state index contributed by atoms with van der Waals surface area (Å²) < 4.78 is 18.9. The highest BCUT2D eigenvalue weighted by molar-refractivity contribution is 6.31. The van der Waals surface area contributed by atoms with Crippen LogP contribution in [0.25, 0.3) is 0 Å². The molecule has 4 heteroatoms. The van der Waals surface area contributed by atoms with Gasteiger partial charge in [-0.2, -0.15) is 0 Å². The predicted octanol–water partition coefficient (Wildman–Crippen LogP) is 4.26. The molecule has 2 nitrogen and oxygen atoms in total. The van der Waals surface area contributed by atoms with Crippen LogP contribution in [0.15, 0.2) is 30.3 Å². The fourth-order valence-electron chi connectivity index (χ4n) is 2.02. The number of ether oxygens (including phenoxy) is 1. The maximum atomic E-state index is 13.2. The van der Waals surface area contributed by atoms with Crippen molar-refractivity contribution in [1.29, 1.82) is 0 Å². The summed E-state index contributed by atoms with van der Waals surface area (Å²) in [5.41, 5.74) is 8.97. The van der Waals surface area contributed by atoms with Gasteiger partial charge >= 0.3 is 0 Å². The molecule has 19 heavy (non-hydrogen) atoms.